The van der Waals surface area contributed by atoms with Crippen LogP contribution in [0.3, 0.4) is 0 Å². The minimum atomic E-state index is -0.250. The first-order chi connectivity index (χ1) is 2.00. The van der Waals surface area contributed by atoms with Crippen LogP contribution in [-0.4, -0.2) is 5.54 Å². The molecule has 0 aromatic rings. The molecule has 0 radical (unpaired) electrons. The van der Waals surface area contributed by atoms with Crippen molar-refractivity contribution in [3.05, 3.63) is 5.73 Å². The maximum absolute atomic E-state index is 6.94. The van der Waals surface area contributed by atoms with E-state index in [1.165, 1.54) is 0 Å². The van der Waals surface area contributed by atoms with Gasteiger partial charge in [0.05, 0.1) is 0 Å². The molecule has 1 nitrogen and oxygen atoms in total. The second kappa shape index (κ2) is 2.68. The topological polar surface area (TPSA) is 23.8 Å². The van der Waals surface area contributed by atoms with Gasteiger partial charge in [0.15, 0.2) is 0 Å². The molecule has 0 unspecified atom stereocenters. The van der Waals surface area contributed by atoms with Crippen LogP contribution in [-0.2, 0) is 0 Å². The number of hydrogen-bond donors (Lipinski definition) is 0. The average molecular weight is 79.1 g/mol. The molecule has 0 saturated carbocycles. The Morgan fingerprint density at radius 3 is 1.17 bits per heavy atom. The molecule has 0 saturated heterocycles. The van der Waals surface area contributed by atoms with E-state index in [-0.39, 0.29) is 24.4 Å². The van der Waals surface area contributed by atoms with Crippen molar-refractivity contribution in [2.75, 3.05) is 0 Å². The summed E-state index contributed by atoms with van der Waals surface area (Å²) < 4.78 is 0. The molecular formula is C4H10LiN. The third-order valence-corrected chi connectivity index (χ3v) is 0. The van der Waals surface area contributed by atoms with Gasteiger partial charge in [-0.05, 0) is 0 Å². The zero-order chi connectivity index (χ0) is 4.50. The van der Waals surface area contributed by atoms with Crippen molar-refractivity contribution in [1.29, 1.82) is 0 Å². The molecule has 6 heavy (non-hydrogen) atoms. The molecule has 0 spiro atoms. The van der Waals surface area contributed by atoms with Crippen LogP contribution in [0.25, 0.3) is 5.73 Å². The molecule has 0 atom stereocenters. The van der Waals surface area contributed by atoms with Crippen molar-refractivity contribution in [2.24, 2.45) is 0 Å². The standard InChI is InChI=1S/C4H10N.Li/c1-4(2,3)5;/h5H,1-3H3;/q-1;+1. The van der Waals surface area contributed by atoms with Gasteiger partial charge < -0.3 is 5.73 Å². The molecule has 0 bridgehead atoms. The van der Waals surface area contributed by atoms with E-state index in [2.05, 4.69) is 0 Å². The van der Waals surface area contributed by atoms with Gasteiger partial charge in [-0.15, -0.1) is 5.54 Å². The Labute approximate surface area is 51.5 Å². The Hall–Kier alpha value is 0.557. The van der Waals surface area contributed by atoms with Crippen molar-refractivity contribution in [2.45, 2.75) is 26.3 Å². The van der Waals surface area contributed by atoms with Crippen LogP contribution in [0.15, 0.2) is 0 Å². The van der Waals surface area contributed by atoms with Crippen LogP contribution in [0.5, 0.6) is 0 Å². The van der Waals surface area contributed by atoms with E-state index in [0.29, 0.717) is 0 Å². The molecule has 0 aliphatic rings. The first-order valence-corrected chi connectivity index (χ1v) is 1.75. The predicted octanol–water partition coefficient (Wildman–Crippen LogP) is -1.16. The molecule has 0 aliphatic carbocycles. The monoisotopic (exact) mass is 79.1 g/mol. The van der Waals surface area contributed by atoms with Gasteiger partial charge in [-0.2, -0.15) is 0 Å². The minimum Gasteiger partial charge on any atom is -0.673 e. The molecule has 0 aromatic carbocycles. The fourth-order valence-electron chi connectivity index (χ4n) is 0. The van der Waals surface area contributed by atoms with Crippen molar-refractivity contribution >= 4 is 0 Å². The maximum Gasteiger partial charge on any atom is 1.00 e. The quantitative estimate of drug-likeness (QED) is 0.327. The van der Waals surface area contributed by atoms with E-state index in [9.17, 15) is 0 Å². The normalized spacial score (nSPS) is 10.0. The van der Waals surface area contributed by atoms with Crippen molar-refractivity contribution in [3.8, 4) is 0 Å². The van der Waals surface area contributed by atoms with E-state index >= 15 is 0 Å². The molecule has 1 N–H and O–H groups in total. The largest absolute Gasteiger partial charge is 1.00 e. The third-order valence-electron chi connectivity index (χ3n) is 0. The van der Waals surface area contributed by atoms with Gasteiger partial charge in [0.1, 0.15) is 0 Å². The van der Waals surface area contributed by atoms with Crippen molar-refractivity contribution < 1.29 is 18.9 Å². The second-order valence-corrected chi connectivity index (χ2v) is 2.25. The molecule has 0 aromatic heterocycles. The molecule has 0 amide bonds. The fourth-order valence-corrected chi connectivity index (χ4v) is 0. The van der Waals surface area contributed by atoms with Crippen molar-refractivity contribution in [1.82, 2.24) is 0 Å². The number of rotatable bonds is 0. The van der Waals surface area contributed by atoms with Crippen LogP contribution in [0.4, 0.5) is 0 Å². The molecule has 32 valence electrons. The molecule has 0 heterocycles. The zero-order valence-electron chi connectivity index (χ0n) is 5.00. The summed E-state index contributed by atoms with van der Waals surface area (Å²) in [5.41, 5.74) is 6.69. The van der Waals surface area contributed by atoms with Gasteiger partial charge >= 0.3 is 18.9 Å². The van der Waals surface area contributed by atoms with Gasteiger partial charge in [0.2, 0.25) is 0 Å². The third kappa shape index (κ3) is 186. The van der Waals surface area contributed by atoms with E-state index < -0.39 is 0 Å². The summed E-state index contributed by atoms with van der Waals surface area (Å²) in [6, 6.07) is 0. The van der Waals surface area contributed by atoms with E-state index in [1.807, 2.05) is 20.8 Å². The van der Waals surface area contributed by atoms with Crippen LogP contribution in [0.1, 0.15) is 20.8 Å². The Kier molecular flexibility index (Phi) is 4.36. The first kappa shape index (κ1) is 9.75. The van der Waals surface area contributed by atoms with Gasteiger partial charge in [-0.1, -0.05) is 20.8 Å². The predicted molar refractivity (Wildman–Crippen MR) is 24.1 cm³/mol. The second-order valence-electron chi connectivity index (χ2n) is 2.25. The summed E-state index contributed by atoms with van der Waals surface area (Å²) in [6.45, 7) is 5.56. The van der Waals surface area contributed by atoms with Crippen LogP contribution >= 0.6 is 0 Å². The van der Waals surface area contributed by atoms with Crippen LogP contribution in [0.2, 0.25) is 0 Å². The molecular weight excluding hydrogens is 69.0 g/mol. The Balaban J connectivity index is 0. The van der Waals surface area contributed by atoms with Crippen LogP contribution in [0, 0.1) is 0 Å². The average Bonchev–Trinajstić information content (AvgIpc) is 0.722. The Bertz CT molecular complexity index is 23.0. The summed E-state index contributed by atoms with van der Waals surface area (Å²) in [4.78, 5) is 0. The summed E-state index contributed by atoms with van der Waals surface area (Å²) in [6.07, 6.45) is 0. The maximum atomic E-state index is 6.94. The Morgan fingerprint density at radius 2 is 1.17 bits per heavy atom. The fraction of sp³-hybridized carbons (Fsp3) is 1.00. The van der Waals surface area contributed by atoms with E-state index in [0.717, 1.165) is 0 Å². The zero-order valence-corrected chi connectivity index (χ0v) is 5.00. The molecule has 0 fully saturated rings. The SMILES string of the molecule is CC(C)(C)[NH-].[Li+]. The van der Waals surface area contributed by atoms with Gasteiger partial charge in [0, 0.05) is 0 Å². The minimum absolute atomic E-state index is 0. The van der Waals surface area contributed by atoms with Gasteiger partial charge in [-0.3, -0.25) is 0 Å². The van der Waals surface area contributed by atoms with Gasteiger partial charge in [0.25, 0.3) is 0 Å². The summed E-state index contributed by atoms with van der Waals surface area (Å²) in [5, 5.41) is 0. The number of nitrogens with one attached hydrogen (secondary N) is 1. The van der Waals surface area contributed by atoms with Crippen LogP contribution < -0.4 is 18.9 Å². The van der Waals surface area contributed by atoms with E-state index in [4.69, 9.17) is 5.73 Å². The summed E-state index contributed by atoms with van der Waals surface area (Å²) >= 11 is 0. The van der Waals surface area contributed by atoms with Gasteiger partial charge in [-0.25, -0.2) is 0 Å². The smallest absolute Gasteiger partial charge is 0.673 e. The Morgan fingerprint density at radius 1 is 1.17 bits per heavy atom. The first-order valence-electron chi connectivity index (χ1n) is 1.75. The molecule has 0 rings (SSSR count). The molecule has 0 aliphatic heterocycles. The molecule has 2 heteroatoms. The van der Waals surface area contributed by atoms with Crippen molar-refractivity contribution in [3.63, 3.8) is 0 Å². The summed E-state index contributed by atoms with van der Waals surface area (Å²) in [5.74, 6) is 0. The number of hydrogen-bond acceptors (Lipinski definition) is 0. The summed E-state index contributed by atoms with van der Waals surface area (Å²) in [7, 11) is 0. The van der Waals surface area contributed by atoms with E-state index in [1.54, 1.807) is 0 Å².